The molecule has 0 aromatic heterocycles. The molecule has 0 aliphatic rings. The second-order valence-corrected chi connectivity index (χ2v) is 4.09. The standard InChI is InChI=1S/C11H17N3O3/c1-7(6-15)8(2)13-10-5-3-4-9(12)11(10)14(16)17/h3-5,7-8,13,15H,6,12H2,1-2H3. The number of nitrogen functional groups attached to an aromatic ring is 1. The number of para-hydroxylation sites is 1. The lowest BCUT2D eigenvalue weighted by molar-refractivity contribution is -0.383. The van der Waals surface area contributed by atoms with E-state index in [0.717, 1.165) is 0 Å². The molecule has 1 aromatic carbocycles. The van der Waals surface area contributed by atoms with E-state index in [1.807, 2.05) is 13.8 Å². The average Bonchev–Trinajstić information content (AvgIpc) is 2.27. The number of nitrogens with zero attached hydrogens (tertiary/aromatic N) is 1. The highest BCUT2D eigenvalue weighted by atomic mass is 16.6. The fourth-order valence-electron chi connectivity index (χ4n) is 1.43. The number of nitro groups is 1. The minimum Gasteiger partial charge on any atom is -0.396 e. The zero-order valence-corrected chi connectivity index (χ0v) is 9.88. The summed E-state index contributed by atoms with van der Waals surface area (Å²) in [5.74, 6) is -0.00367. The molecular formula is C11H17N3O3. The molecular weight excluding hydrogens is 222 g/mol. The third kappa shape index (κ3) is 3.07. The van der Waals surface area contributed by atoms with Crippen molar-refractivity contribution in [3.8, 4) is 0 Å². The number of anilines is 2. The Morgan fingerprint density at radius 2 is 2.18 bits per heavy atom. The van der Waals surface area contributed by atoms with Crippen molar-refractivity contribution in [3.63, 3.8) is 0 Å². The summed E-state index contributed by atoms with van der Waals surface area (Å²) in [6, 6.07) is 4.67. The number of aliphatic hydroxyl groups is 1. The lowest BCUT2D eigenvalue weighted by Gasteiger charge is -2.20. The molecule has 0 amide bonds. The van der Waals surface area contributed by atoms with Crippen molar-refractivity contribution in [2.45, 2.75) is 19.9 Å². The summed E-state index contributed by atoms with van der Waals surface area (Å²) in [7, 11) is 0. The molecule has 0 radical (unpaired) electrons. The predicted octanol–water partition coefficient (Wildman–Crippen LogP) is 1.61. The Hall–Kier alpha value is -1.82. The van der Waals surface area contributed by atoms with E-state index in [0.29, 0.717) is 5.69 Å². The van der Waals surface area contributed by atoms with Crippen LogP contribution in [0.2, 0.25) is 0 Å². The Morgan fingerprint density at radius 1 is 1.53 bits per heavy atom. The number of nitro benzene ring substituents is 1. The van der Waals surface area contributed by atoms with Crippen LogP contribution in [-0.2, 0) is 0 Å². The second kappa shape index (κ2) is 5.49. The lowest BCUT2D eigenvalue weighted by Crippen LogP contribution is -2.26. The van der Waals surface area contributed by atoms with Crippen LogP contribution in [0.1, 0.15) is 13.8 Å². The van der Waals surface area contributed by atoms with Gasteiger partial charge in [-0.3, -0.25) is 10.1 Å². The van der Waals surface area contributed by atoms with E-state index in [-0.39, 0.29) is 29.9 Å². The van der Waals surface area contributed by atoms with Gasteiger partial charge >= 0.3 is 5.69 Å². The molecule has 0 bridgehead atoms. The maximum absolute atomic E-state index is 10.9. The van der Waals surface area contributed by atoms with Gasteiger partial charge in [-0.15, -0.1) is 0 Å². The van der Waals surface area contributed by atoms with E-state index < -0.39 is 4.92 Å². The van der Waals surface area contributed by atoms with E-state index in [4.69, 9.17) is 10.8 Å². The highest BCUT2D eigenvalue weighted by Crippen LogP contribution is 2.31. The first-order valence-corrected chi connectivity index (χ1v) is 5.37. The lowest BCUT2D eigenvalue weighted by atomic mass is 10.0. The van der Waals surface area contributed by atoms with Crippen molar-refractivity contribution < 1.29 is 10.0 Å². The van der Waals surface area contributed by atoms with Gasteiger partial charge in [-0.2, -0.15) is 0 Å². The molecule has 17 heavy (non-hydrogen) atoms. The zero-order valence-electron chi connectivity index (χ0n) is 9.88. The van der Waals surface area contributed by atoms with Crippen molar-refractivity contribution in [3.05, 3.63) is 28.3 Å². The van der Waals surface area contributed by atoms with Gasteiger partial charge < -0.3 is 16.2 Å². The van der Waals surface area contributed by atoms with Gasteiger partial charge in [0.25, 0.3) is 0 Å². The molecule has 0 saturated heterocycles. The molecule has 6 nitrogen and oxygen atoms in total. The summed E-state index contributed by atoms with van der Waals surface area (Å²) in [5, 5.41) is 22.9. The van der Waals surface area contributed by atoms with Gasteiger partial charge in [-0.05, 0) is 25.0 Å². The number of hydrogen-bond donors (Lipinski definition) is 3. The predicted molar refractivity (Wildman–Crippen MR) is 66.8 cm³/mol. The van der Waals surface area contributed by atoms with Crippen molar-refractivity contribution in [1.29, 1.82) is 0 Å². The van der Waals surface area contributed by atoms with Crippen LogP contribution in [-0.4, -0.2) is 22.7 Å². The summed E-state index contributed by atoms with van der Waals surface area (Å²) in [6.45, 7) is 3.73. The first kappa shape index (κ1) is 13.2. The fraction of sp³-hybridized carbons (Fsp3) is 0.455. The number of benzene rings is 1. The fourth-order valence-corrected chi connectivity index (χ4v) is 1.43. The van der Waals surface area contributed by atoms with Gasteiger partial charge in [0.1, 0.15) is 11.4 Å². The Kier molecular flexibility index (Phi) is 4.28. The Labute approximate surface area is 99.6 Å². The minimum absolute atomic E-state index is 0.00367. The maximum atomic E-state index is 10.9. The van der Waals surface area contributed by atoms with Gasteiger partial charge in [-0.1, -0.05) is 13.0 Å². The van der Waals surface area contributed by atoms with Crippen molar-refractivity contribution in [1.82, 2.24) is 0 Å². The molecule has 4 N–H and O–H groups in total. The molecule has 6 heteroatoms. The van der Waals surface area contributed by atoms with E-state index >= 15 is 0 Å². The van der Waals surface area contributed by atoms with E-state index in [9.17, 15) is 10.1 Å². The summed E-state index contributed by atoms with van der Waals surface area (Å²) >= 11 is 0. The third-order valence-electron chi connectivity index (χ3n) is 2.77. The van der Waals surface area contributed by atoms with Crippen LogP contribution in [0.5, 0.6) is 0 Å². The highest BCUT2D eigenvalue weighted by Gasteiger charge is 2.20. The minimum atomic E-state index is -0.506. The smallest absolute Gasteiger partial charge is 0.314 e. The van der Waals surface area contributed by atoms with E-state index in [1.54, 1.807) is 12.1 Å². The summed E-state index contributed by atoms with van der Waals surface area (Å²) in [4.78, 5) is 10.4. The molecule has 1 rings (SSSR count). The SMILES string of the molecule is CC(CO)C(C)Nc1cccc(N)c1[N+](=O)[O-]. The Balaban J connectivity index is 2.98. The van der Waals surface area contributed by atoms with Gasteiger partial charge in [-0.25, -0.2) is 0 Å². The van der Waals surface area contributed by atoms with Crippen LogP contribution in [0, 0.1) is 16.0 Å². The van der Waals surface area contributed by atoms with Gasteiger partial charge in [0.2, 0.25) is 0 Å². The van der Waals surface area contributed by atoms with Crippen molar-refractivity contribution in [2.24, 2.45) is 5.92 Å². The average molecular weight is 239 g/mol. The number of rotatable bonds is 5. The summed E-state index contributed by atoms with van der Waals surface area (Å²) < 4.78 is 0. The zero-order chi connectivity index (χ0) is 13.0. The largest absolute Gasteiger partial charge is 0.396 e. The highest BCUT2D eigenvalue weighted by molar-refractivity contribution is 5.74. The second-order valence-electron chi connectivity index (χ2n) is 4.09. The van der Waals surface area contributed by atoms with Crippen LogP contribution < -0.4 is 11.1 Å². The van der Waals surface area contributed by atoms with Gasteiger partial charge in [0.15, 0.2) is 0 Å². The molecule has 94 valence electrons. The van der Waals surface area contributed by atoms with Crippen molar-refractivity contribution >= 4 is 17.1 Å². The van der Waals surface area contributed by atoms with Crippen molar-refractivity contribution in [2.75, 3.05) is 17.7 Å². The van der Waals surface area contributed by atoms with Crippen LogP contribution >= 0.6 is 0 Å². The van der Waals surface area contributed by atoms with Crippen LogP contribution in [0.4, 0.5) is 17.1 Å². The number of aliphatic hydroxyl groups excluding tert-OH is 1. The molecule has 0 aliphatic heterocycles. The maximum Gasteiger partial charge on any atom is 0.314 e. The molecule has 0 spiro atoms. The molecule has 1 aromatic rings. The Bertz CT molecular complexity index is 409. The number of nitrogens with one attached hydrogen (secondary N) is 1. The van der Waals surface area contributed by atoms with E-state index in [1.165, 1.54) is 6.07 Å². The molecule has 0 heterocycles. The number of nitrogens with two attached hydrogens (primary N) is 1. The molecule has 2 unspecified atom stereocenters. The first-order valence-electron chi connectivity index (χ1n) is 5.37. The summed E-state index contributed by atoms with van der Waals surface area (Å²) in [6.07, 6.45) is 0. The molecule has 2 atom stereocenters. The van der Waals surface area contributed by atoms with E-state index in [2.05, 4.69) is 5.32 Å². The normalized spacial score (nSPS) is 14.1. The van der Waals surface area contributed by atoms with Crippen LogP contribution in [0.15, 0.2) is 18.2 Å². The Morgan fingerprint density at radius 3 is 2.71 bits per heavy atom. The number of hydrogen-bond acceptors (Lipinski definition) is 5. The topological polar surface area (TPSA) is 101 Å². The first-order chi connectivity index (χ1) is 7.97. The van der Waals surface area contributed by atoms with Gasteiger partial charge in [0.05, 0.1) is 4.92 Å². The monoisotopic (exact) mass is 239 g/mol. The third-order valence-corrected chi connectivity index (χ3v) is 2.77. The molecule has 0 aliphatic carbocycles. The van der Waals surface area contributed by atoms with Gasteiger partial charge in [0, 0.05) is 12.6 Å². The van der Waals surface area contributed by atoms with Crippen LogP contribution in [0.3, 0.4) is 0 Å². The molecule has 0 fully saturated rings. The quantitative estimate of drug-likeness (QED) is 0.411. The molecule has 0 saturated carbocycles. The summed E-state index contributed by atoms with van der Waals surface area (Å²) in [5.41, 5.74) is 5.96. The van der Waals surface area contributed by atoms with Crippen LogP contribution in [0.25, 0.3) is 0 Å².